The Labute approximate surface area is 248 Å². The number of aromatic nitrogens is 1. The molecule has 0 atom stereocenters. The summed E-state index contributed by atoms with van der Waals surface area (Å²) in [6, 6.07) is 17.0. The Morgan fingerprint density at radius 2 is 1.11 bits per heavy atom. The third-order valence-corrected chi connectivity index (χ3v) is 6.18. The Bertz CT molecular complexity index is 1080. The number of rotatable bonds is 8. The first-order chi connectivity index (χ1) is 17.2. The quantitative estimate of drug-likeness (QED) is 0.167. The van der Waals surface area contributed by atoms with E-state index in [0.29, 0.717) is 23.7 Å². The van der Waals surface area contributed by atoms with Gasteiger partial charge >= 0.3 is 17.1 Å². The Hall–Kier alpha value is -2.39. The van der Waals surface area contributed by atoms with Crippen molar-refractivity contribution >= 4 is 23.8 Å². The zero-order chi connectivity index (χ0) is 26.7. The van der Waals surface area contributed by atoms with Gasteiger partial charge in [-0.1, -0.05) is 97.9 Å². The smallest absolute Gasteiger partial charge is 1.00 e. The summed E-state index contributed by atoms with van der Waals surface area (Å²) >= 11 is 0. The third kappa shape index (κ3) is 10.4. The topological polar surface area (TPSA) is 37.6 Å². The van der Waals surface area contributed by atoms with Crippen LogP contribution in [0.15, 0.2) is 70.9 Å². The zero-order valence-electron chi connectivity index (χ0n) is 24.2. The number of benzene rings is 2. The number of aliphatic imine (C=N–C) groups is 2. The predicted molar refractivity (Wildman–Crippen MR) is 159 cm³/mol. The number of hydrogen-bond acceptors (Lipinski definition) is 3. The molecule has 3 rings (SSSR count). The Morgan fingerprint density at radius 3 is 1.45 bits per heavy atom. The van der Waals surface area contributed by atoms with Crippen molar-refractivity contribution in [3.63, 3.8) is 0 Å². The van der Waals surface area contributed by atoms with Crippen LogP contribution < -0.4 is 12.4 Å². The summed E-state index contributed by atoms with van der Waals surface area (Å²) in [6.07, 6.45) is 8.14. The van der Waals surface area contributed by atoms with E-state index in [1.807, 2.05) is 18.5 Å². The van der Waals surface area contributed by atoms with Crippen LogP contribution in [0.2, 0.25) is 0 Å². The Balaban J connectivity index is 0.000000720. The van der Waals surface area contributed by atoms with Gasteiger partial charge in [-0.15, -0.1) is 6.21 Å². The van der Waals surface area contributed by atoms with Crippen LogP contribution in [-0.2, 0) is 23.5 Å². The molecule has 0 spiro atoms. The first-order valence-electron chi connectivity index (χ1n) is 13.2. The first-order valence-corrected chi connectivity index (χ1v) is 13.2. The molecule has 0 N–H and O–H groups in total. The van der Waals surface area contributed by atoms with Crippen LogP contribution in [0.1, 0.15) is 107 Å². The summed E-state index contributed by atoms with van der Waals surface area (Å²) in [5.74, 6) is 1.97. The van der Waals surface area contributed by atoms with Gasteiger partial charge in [0.15, 0.2) is 0 Å². The maximum absolute atomic E-state index is 4.79. The minimum atomic E-state index is 0. The van der Waals surface area contributed by atoms with Crippen molar-refractivity contribution in [2.75, 3.05) is 0 Å². The summed E-state index contributed by atoms with van der Waals surface area (Å²) in [7, 11) is 0. The SMILES string of the molecule is CC(C)c1cccc(C(C)C)c1N=CCc1cccnc1.[CH2-]C=Nc1c(C(C)C)cccc1C(C)C.[Cl-].[Fe+2]. The summed E-state index contributed by atoms with van der Waals surface area (Å²) in [5.41, 5.74) is 8.70. The van der Waals surface area contributed by atoms with Gasteiger partial charge in [0, 0.05) is 25.0 Å². The molecule has 0 bridgehead atoms. The normalized spacial score (nSPS) is 11.2. The molecule has 0 radical (unpaired) electrons. The molecule has 3 aromatic rings. The van der Waals surface area contributed by atoms with Gasteiger partial charge < -0.3 is 19.3 Å². The van der Waals surface area contributed by atoms with Crippen LogP contribution in [0.4, 0.5) is 11.4 Å². The molecule has 206 valence electrons. The molecular weight excluding hydrogens is 530 g/mol. The van der Waals surface area contributed by atoms with Gasteiger partial charge in [0.1, 0.15) is 0 Å². The average molecular weight is 574 g/mol. The molecule has 0 fully saturated rings. The molecule has 38 heavy (non-hydrogen) atoms. The molecule has 3 nitrogen and oxygen atoms in total. The molecule has 0 unspecified atom stereocenters. The van der Waals surface area contributed by atoms with Crippen LogP contribution in [-0.4, -0.2) is 17.4 Å². The molecule has 0 amide bonds. The van der Waals surface area contributed by atoms with E-state index in [1.165, 1.54) is 27.8 Å². The molecule has 0 saturated heterocycles. The van der Waals surface area contributed by atoms with E-state index in [9.17, 15) is 0 Å². The number of halogens is 1. The van der Waals surface area contributed by atoms with E-state index in [4.69, 9.17) is 4.99 Å². The van der Waals surface area contributed by atoms with E-state index >= 15 is 0 Å². The van der Waals surface area contributed by atoms with Gasteiger partial charge in [-0.3, -0.25) is 15.0 Å². The standard InChI is InChI=1S/C19H24N2.C14H20N.ClH.Fe/c1-14(2)17-8-5-9-18(15(3)4)19(17)21-12-10-16-7-6-11-20-13-16;1-6-15-14-12(10(2)3)8-7-9-13(14)11(4)5;;/h5-9,11-15H,10H2,1-4H3;6-11H,1H2,2-5H3;1H;/q;-1;;+2/p-1. The van der Waals surface area contributed by atoms with Gasteiger partial charge in [0.25, 0.3) is 0 Å². The molecule has 0 aliphatic rings. The summed E-state index contributed by atoms with van der Waals surface area (Å²) < 4.78 is 0. The van der Waals surface area contributed by atoms with E-state index in [2.05, 4.69) is 115 Å². The van der Waals surface area contributed by atoms with Crippen LogP contribution >= 0.6 is 0 Å². The van der Waals surface area contributed by atoms with Gasteiger partial charge in [-0.05, 0) is 57.6 Å². The van der Waals surface area contributed by atoms with Crippen molar-refractivity contribution in [2.45, 2.75) is 85.5 Å². The number of para-hydroxylation sites is 2. The largest absolute Gasteiger partial charge is 2.00 e. The van der Waals surface area contributed by atoms with Crippen molar-refractivity contribution in [3.05, 3.63) is 95.7 Å². The second-order valence-corrected chi connectivity index (χ2v) is 10.4. The number of hydrogen-bond donors (Lipinski definition) is 0. The van der Waals surface area contributed by atoms with Crippen molar-refractivity contribution in [1.29, 1.82) is 0 Å². The first kappa shape index (κ1) is 35.6. The molecule has 0 saturated carbocycles. The molecule has 1 aromatic heterocycles. The van der Waals surface area contributed by atoms with Crippen molar-refractivity contribution in [2.24, 2.45) is 9.98 Å². The van der Waals surface area contributed by atoms with Crippen molar-refractivity contribution < 1.29 is 29.5 Å². The molecule has 1 heterocycles. The average Bonchev–Trinajstić information content (AvgIpc) is 2.85. The van der Waals surface area contributed by atoms with E-state index in [1.54, 1.807) is 12.4 Å². The van der Waals surface area contributed by atoms with E-state index in [-0.39, 0.29) is 29.5 Å². The second-order valence-electron chi connectivity index (χ2n) is 10.4. The molecule has 0 aliphatic heterocycles. The number of nitrogens with zero attached hydrogens (tertiary/aromatic N) is 3. The maximum atomic E-state index is 4.79. The van der Waals surface area contributed by atoms with Crippen LogP contribution in [0.5, 0.6) is 0 Å². The second kappa shape index (κ2) is 18.0. The minimum Gasteiger partial charge on any atom is -1.00 e. The minimum absolute atomic E-state index is 0. The van der Waals surface area contributed by atoms with Crippen molar-refractivity contribution in [1.82, 2.24) is 4.98 Å². The fourth-order valence-corrected chi connectivity index (χ4v) is 4.17. The van der Waals surface area contributed by atoms with Crippen LogP contribution in [0.25, 0.3) is 0 Å². The third-order valence-electron chi connectivity index (χ3n) is 6.18. The Morgan fingerprint density at radius 1 is 0.684 bits per heavy atom. The Kier molecular flexibility index (Phi) is 16.9. The molecule has 0 aliphatic carbocycles. The van der Waals surface area contributed by atoms with Gasteiger partial charge in [-0.2, -0.15) is 0 Å². The summed E-state index contributed by atoms with van der Waals surface area (Å²) in [5, 5.41) is 0. The molecular formula is C33H44ClFeN3. The van der Waals surface area contributed by atoms with Gasteiger partial charge in [0.05, 0.1) is 11.4 Å². The zero-order valence-corrected chi connectivity index (χ0v) is 26.1. The fourth-order valence-electron chi connectivity index (χ4n) is 4.17. The summed E-state index contributed by atoms with van der Waals surface area (Å²) in [4.78, 5) is 13.3. The van der Waals surface area contributed by atoms with Crippen LogP contribution in [0, 0.1) is 6.92 Å². The molecule has 5 heteroatoms. The predicted octanol–water partition coefficient (Wildman–Crippen LogP) is 6.74. The van der Waals surface area contributed by atoms with Crippen LogP contribution in [0.3, 0.4) is 0 Å². The molecule has 2 aromatic carbocycles. The van der Waals surface area contributed by atoms with Gasteiger partial charge in [0.2, 0.25) is 0 Å². The monoisotopic (exact) mass is 573 g/mol. The van der Waals surface area contributed by atoms with Crippen molar-refractivity contribution in [3.8, 4) is 0 Å². The van der Waals surface area contributed by atoms with Gasteiger partial charge in [-0.25, -0.2) is 0 Å². The summed E-state index contributed by atoms with van der Waals surface area (Å²) in [6.45, 7) is 21.4. The maximum Gasteiger partial charge on any atom is 2.00 e. The fraction of sp³-hybridized carbons (Fsp3) is 0.394. The number of pyridine rings is 1. The van der Waals surface area contributed by atoms with E-state index < -0.39 is 0 Å². The van der Waals surface area contributed by atoms with E-state index in [0.717, 1.165) is 17.8 Å².